The third-order valence-electron chi connectivity index (χ3n) is 2.72. The Hall–Kier alpha value is 0.540. The molecule has 0 aromatic carbocycles. The van der Waals surface area contributed by atoms with E-state index in [0.29, 0.717) is 13.5 Å². The van der Waals surface area contributed by atoms with Crippen LogP contribution in [0, 0.1) is 0 Å². The van der Waals surface area contributed by atoms with Gasteiger partial charge in [0, 0.05) is 28.5 Å². The summed E-state index contributed by atoms with van der Waals surface area (Å²) in [7, 11) is 3.52. The Balaban J connectivity index is 1.76. The third-order valence-corrected chi connectivity index (χ3v) is 5.39. The smallest absolute Gasteiger partial charge is 0.110 e. The van der Waals surface area contributed by atoms with Crippen LogP contribution < -0.4 is 0 Å². The van der Waals surface area contributed by atoms with Crippen LogP contribution in [0.25, 0.3) is 0 Å². The zero-order valence-electron chi connectivity index (χ0n) is 10.4. The van der Waals surface area contributed by atoms with E-state index in [9.17, 15) is 0 Å². The van der Waals surface area contributed by atoms with Crippen LogP contribution in [-0.4, -0.2) is 46.4 Å². The van der Waals surface area contributed by atoms with E-state index in [1.54, 1.807) is 22.0 Å². The summed E-state index contributed by atoms with van der Waals surface area (Å²) in [6.07, 6.45) is 0. The highest BCUT2D eigenvalue weighted by atomic mass is 33.1. The molecule has 2 aliphatic heterocycles. The molecule has 2 saturated heterocycles. The minimum absolute atomic E-state index is 0.00934. The maximum atomic E-state index is 5.66. The van der Waals surface area contributed by atoms with Crippen LogP contribution >= 0.6 is 22.0 Å². The van der Waals surface area contributed by atoms with Crippen LogP contribution in [0.3, 0.4) is 0 Å². The largest absolute Gasteiger partial charge is 0.363 e. The lowest BCUT2D eigenvalue weighted by molar-refractivity contribution is 0.0386. The van der Waals surface area contributed by atoms with Crippen molar-refractivity contribution >= 4 is 22.0 Å². The van der Waals surface area contributed by atoms with E-state index in [1.807, 2.05) is 0 Å². The van der Waals surface area contributed by atoms with Gasteiger partial charge >= 0.3 is 0 Å². The van der Waals surface area contributed by atoms with Crippen LogP contribution in [-0.2, 0) is 9.47 Å². The fourth-order valence-corrected chi connectivity index (χ4v) is 4.20. The zero-order chi connectivity index (χ0) is 11.8. The standard InChI is InChI=1S/C10H20N2O2S2/c1-9(2)6-13-8-12(9)16-15-11-5-10(3,4)14-7-11/h5-8H2,1-4H3. The SMILES string of the molecule is CC1(C)CN(SSN2COCC2(C)C)CO1. The normalized spacial score (nSPS) is 30.0. The molecule has 16 heavy (non-hydrogen) atoms. The van der Waals surface area contributed by atoms with Gasteiger partial charge in [0.15, 0.2) is 0 Å². The first-order valence-electron chi connectivity index (χ1n) is 5.48. The van der Waals surface area contributed by atoms with Crippen molar-refractivity contribution in [1.29, 1.82) is 0 Å². The van der Waals surface area contributed by atoms with Gasteiger partial charge in [-0.2, -0.15) is 0 Å². The molecule has 2 rings (SSSR count). The minimum atomic E-state index is -0.00934. The molecular formula is C10H20N2O2S2. The van der Waals surface area contributed by atoms with Gasteiger partial charge in [0.2, 0.25) is 0 Å². The average molecular weight is 264 g/mol. The van der Waals surface area contributed by atoms with Crippen molar-refractivity contribution in [3.8, 4) is 0 Å². The summed E-state index contributed by atoms with van der Waals surface area (Å²) in [6.45, 7) is 11.9. The summed E-state index contributed by atoms with van der Waals surface area (Å²) >= 11 is 0. The second-order valence-corrected chi connectivity index (χ2v) is 7.64. The van der Waals surface area contributed by atoms with Gasteiger partial charge in [-0.25, -0.2) is 8.61 Å². The molecule has 0 bridgehead atoms. The molecular weight excluding hydrogens is 244 g/mol. The van der Waals surface area contributed by atoms with Gasteiger partial charge < -0.3 is 9.47 Å². The number of hydrogen-bond donors (Lipinski definition) is 0. The quantitative estimate of drug-likeness (QED) is 0.573. The number of hydrogen-bond acceptors (Lipinski definition) is 6. The van der Waals surface area contributed by atoms with Gasteiger partial charge in [-0.05, 0) is 27.7 Å². The van der Waals surface area contributed by atoms with E-state index in [-0.39, 0.29) is 11.1 Å². The van der Waals surface area contributed by atoms with Crippen molar-refractivity contribution in [3.63, 3.8) is 0 Å². The molecule has 6 heteroatoms. The Morgan fingerprint density at radius 1 is 1.06 bits per heavy atom. The molecule has 0 amide bonds. The van der Waals surface area contributed by atoms with Crippen molar-refractivity contribution in [2.75, 3.05) is 26.6 Å². The summed E-state index contributed by atoms with van der Waals surface area (Å²) < 4.78 is 15.7. The van der Waals surface area contributed by atoms with E-state index in [2.05, 4.69) is 36.3 Å². The summed E-state index contributed by atoms with van der Waals surface area (Å²) in [5.41, 5.74) is 0.123. The third kappa shape index (κ3) is 3.05. The van der Waals surface area contributed by atoms with Crippen molar-refractivity contribution in [3.05, 3.63) is 0 Å². The molecule has 4 nitrogen and oxygen atoms in total. The highest BCUT2D eigenvalue weighted by molar-refractivity contribution is 8.74. The molecule has 0 N–H and O–H groups in total. The second-order valence-electron chi connectivity index (χ2n) is 5.49. The Kier molecular flexibility index (Phi) is 3.78. The Morgan fingerprint density at radius 3 is 2.31 bits per heavy atom. The summed E-state index contributed by atoms with van der Waals surface area (Å²) in [5, 5.41) is 0. The van der Waals surface area contributed by atoms with Crippen LogP contribution in [0.15, 0.2) is 0 Å². The first-order valence-corrected chi connectivity index (χ1v) is 7.54. The first kappa shape index (κ1) is 13.0. The molecule has 0 radical (unpaired) electrons. The Bertz CT molecular complexity index is 261. The molecule has 0 atom stereocenters. The molecule has 0 aromatic rings. The van der Waals surface area contributed by atoms with Gasteiger partial charge in [-0.15, -0.1) is 0 Å². The van der Waals surface area contributed by atoms with Crippen molar-refractivity contribution in [2.45, 2.75) is 38.8 Å². The maximum Gasteiger partial charge on any atom is 0.110 e. The first-order chi connectivity index (χ1) is 7.39. The van der Waals surface area contributed by atoms with Crippen molar-refractivity contribution < 1.29 is 9.47 Å². The highest BCUT2D eigenvalue weighted by Crippen LogP contribution is 2.40. The van der Waals surface area contributed by atoms with Gasteiger partial charge in [0.05, 0.1) is 17.7 Å². The Labute approximate surface area is 106 Å². The highest BCUT2D eigenvalue weighted by Gasteiger charge is 2.36. The summed E-state index contributed by atoms with van der Waals surface area (Å²) in [4.78, 5) is 0. The molecule has 94 valence electrons. The van der Waals surface area contributed by atoms with E-state index >= 15 is 0 Å². The van der Waals surface area contributed by atoms with Crippen LogP contribution in [0.1, 0.15) is 27.7 Å². The number of nitrogens with zero attached hydrogens (tertiary/aromatic N) is 2. The predicted molar refractivity (Wildman–Crippen MR) is 68.7 cm³/mol. The molecule has 0 saturated carbocycles. The van der Waals surface area contributed by atoms with Crippen LogP contribution in [0.5, 0.6) is 0 Å². The zero-order valence-corrected chi connectivity index (χ0v) is 12.0. The molecule has 0 spiro atoms. The molecule has 2 fully saturated rings. The molecule has 0 unspecified atom stereocenters. The lowest BCUT2D eigenvalue weighted by Gasteiger charge is -2.27. The minimum Gasteiger partial charge on any atom is -0.363 e. The molecule has 0 aromatic heterocycles. The fourth-order valence-electron chi connectivity index (χ4n) is 1.65. The van der Waals surface area contributed by atoms with Crippen molar-refractivity contribution in [2.24, 2.45) is 0 Å². The van der Waals surface area contributed by atoms with Gasteiger partial charge in [0.1, 0.15) is 13.5 Å². The lowest BCUT2D eigenvalue weighted by atomic mass is 10.1. The second kappa shape index (κ2) is 4.66. The monoisotopic (exact) mass is 264 g/mol. The average Bonchev–Trinajstić information content (AvgIpc) is 2.66. The van der Waals surface area contributed by atoms with E-state index in [4.69, 9.17) is 9.47 Å². The van der Waals surface area contributed by atoms with Gasteiger partial charge in [-0.3, -0.25) is 0 Å². The van der Waals surface area contributed by atoms with Gasteiger partial charge in [-0.1, -0.05) is 0 Å². The summed E-state index contributed by atoms with van der Waals surface area (Å²) in [5.74, 6) is 0. The van der Waals surface area contributed by atoms with E-state index in [0.717, 1.165) is 13.2 Å². The summed E-state index contributed by atoms with van der Waals surface area (Å²) in [6, 6.07) is 0. The number of rotatable bonds is 3. The van der Waals surface area contributed by atoms with Crippen molar-refractivity contribution in [1.82, 2.24) is 8.61 Å². The van der Waals surface area contributed by atoms with E-state index in [1.165, 1.54) is 0 Å². The molecule has 2 heterocycles. The molecule has 2 aliphatic rings. The topological polar surface area (TPSA) is 24.9 Å². The van der Waals surface area contributed by atoms with Crippen LogP contribution in [0.2, 0.25) is 0 Å². The van der Waals surface area contributed by atoms with Gasteiger partial charge in [0.25, 0.3) is 0 Å². The fraction of sp³-hybridized carbons (Fsp3) is 1.00. The maximum absolute atomic E-state index is 5.66. The Morgan fingerprint density at radius 2 is 1.81 bits per heavy atom. The predicted octanol–water partition coefficient (Wildman–Crippen LogP) is 2.33. The molecule has 0 aliphatic carbocycles. The van der Waals surface area contributed by atoms with Crippen LogP contribution in [0.4, 0.5) is 0 Å². The van der Waals surface area contributed by atoms with E-state index < -0.39 is 0 Å². The lowest BCUT2D eigenvalue weighted by Crippen LogP contribution is -2.35. The number of ether oxygens (including phenoxy) is 2.